The predicted octanol–water partition coefficient (Wildman–Crippen LogP) is 2.69. The molecule has 2 aliphatic heterocycles. The Bertz CT molecular complexity index is 251. The Labute approximate surface area is 132 Å². The van der Waals surface area contributed by atoms with E-state index in [2.05, 4.69) is 23.6 Å². The summed E-state index contributed by atoms with van der Waals surface area (Å²) in [4.78, 5) is 5.19. The molecular weight excluding hydrogens is 280 g/mol. The van der Waals surface area contributed by atoms with Gasteiger partial charge in [-0.25, -0.2) is 0 Å². The van der Waals surface area contributed by atoms with Gasteiger partial charge in [-0.15, -0.1) is 0 Å². The molecule has 0 aromatic carbocycles. The minimum atomic E-state index is -2.01. The Morgan fingerprint density at radius 3 is 1.43 bits per heavy atom. The minimum absolute atomic E-state index is 0.798. The highest BCUT2D eigenvalue weighted by atomic mass is 28.4. The molecule has 0 unspecified atom stereocenters. The minimum Gasteiger partial charge on any atom is -0.394 e. The summed E-state index contributed by atoms with van der Waals surface area (Å²) in [6, 6.07) is 2.28. The molecule has 5 heteroatoms. The average Bonchev–Trinajstić information content (AvgIpc) is 3.17. The van der Waals surface area contributed by atoms with Crippen molar-refractivity contribution in [3.05, 3.63) is 0 Å². The molecule has 0 radical (unpaired) electrons. The fourth-order valence-corrected chi connectivity index (χ4v) is 6.93. The van der Waals surface area contributed by atoms with E-state index in [1.54, 1.807) is 0 Å². The third kappa shape index (κ3) is 5.64. The molecule has 0 spiro atoms. The van der Waals surface area contributed by atoms with Crippen LogP contribution >= 0.6 is 0 Å². The molecule has 0 aliphatic carbocycles. The Kier molecular flexibility index (Phi) is 7.67. The van der Waals surface area contributed by atoms with Crippen molar-refractivity contribution in [3.8, 4) is 0 Å². The second-order valence-corrected chi connectivity index (χ2v) is 9.77. The summed E-state index contributed by atoms with van der Waals surface area (Å²) in [6.07, 6.45) is 5.47. The molecule has 2 aliphatic rings. The van der Waals surface area contributed by atoms with E-state index in [4.69, 9.17) is 8.85 Å². The summed E-state index contributed by atoms with van der Waals surface area (Å²) in [7, 11) is -2.01. The smallest absolute Gasteiger partial charge is 0.340 e. The maximum Gasteiger partial charge on any atom is 0.340 e. The van der Waals surface area contributed by atoms with Gasteiger partial charge in [0.2, 0.25) is 0 Å². The molecule has 0 aromatic heterocycles. The first-order chi connectivity index (χ1) is 10.3. The van der Waals surface area contributed by atoms with Gasteiger partial charge < -0.3 is 18.7 Å². The van der Waals surface area contributed by atoms with Crippen LogP contribution in [0.4, 0.5) is 0 Å². The number of hydrogen-bond donors (Lipinski definition) is 0. The molecule has 21 heavy (non-hydrogen) atoms. The Morgan fingerprint density at radius 2 is 1.10 bits per heavy atom. The van der Waals surface area contributed by atoms with Gasteiger partial charge in [0, 0.05) is 38.4 Å². The number of likely N-dealkylation sites (tertiary alicyclic amines) is 2. The fourth-order valence-electron chi connectivity index (χ4n) is 3.65. The second kappa shape index (κ2) is 9.25. The molecule has 0 saturated carbocycles. The summed E-state index contributed by atoms with van der Waals surface area (Å²) in [5.41, 5.74) is 0. The van der Waals surface area contributed by atoms with Gasteiger partial charge in [-0.2, -0.15) is 0 Å². The van der Waals surface area contributed by atoms with Crippen LogP contribution in [0.3, 0.4) is 0 Å². The lowest BCUT2D eigenvalue weighted by molar-refractivity contribution is 0.172. The second-order valence-electron chi connectivity index (χ2n) is 6.37. The lowest BCUT2D eigenvalue weighted by atomic mass is 10.4. The van der Waals surface area contributed by atoms with Gasteiger partial charge in [0.25, 0.3) is 0 Å². The van der Waals surface area contributed by atoms with E-state index >= 15 is 0 Å². The van der Waals surface area contributed by atoms with Gasteiger partial charge in [0.15, 0.2) is 0 Å². The van der Waals surface area contributed by atoms with E-state index < -0.39 is 8.56 Å². The molecule has 2 fully saturated rings. The topological polar surface area (TPSA) is 24.9 Å². The lowest BCUT2D eigenvalue weighted by Crippen LogP contribution is -2.47. The zero-order valence-corrected chi connectivity index (χ0v) is 15.1. The van der Waals surface area contributed by atoms with Crippen LogP contribution in [0.1, 0.15) is 39.5 Å². The lowest BCUT2D eigenvalue weighted by Gasteiger charge is -2.33. The van der Waals surface area contributed by atoms with E-state index in [0.29, 0.717) is 0 Å². The molecule has 2 rings (SSSR count). The van der Waals surface area contributed by atoms with Gasteiger partial charge in [-0.1, -0.05) is 0 Å². The summed E-state index contributed by atoms with van der Waals surface area (Å²) >= 11 is 0. The van der Waals surface area contributed by atoms with Gasteiger partial charge in [-0.3, -0.25) is 0 Å². The maximum atomic E-state index is 6.25. The predicted molar refractivity (Wildman–Crippen MR) is 90.0 cm³/mol. The van der Waals surface area contributed by atoms with E-state index in [1.165, 1.54) is 65.0 Å². The first kappa shape index (κ1) is 17.4. The maximum absolute atomic E-state index is 6.25. The Morgan fingerprint density at radius 1 is 0.714 bits per heavy atom. The van der Waals surface area contributed by atoms with Crippen molar-refractivity contribution in [1.29, 1.82) is 0 Å². The van der Waals surface area contributed by atoms with Crippen LogP contribution in [0, 0.1) is 0 Å². The first-order valence-corrected chi connectivity index (χ1v) is 11.2. The normalized spacial score (nSPS) is 21.4. The summed E-state index contributed by atoms with van der Waals surface area (Å²) in [5.74, 6) is 0. The largest absolute Gasteiger partial charge is 0.394 e. The molecule has 0 aromatic rings. The summed E-state index contributed by atoms with van der Waals surface area (Å²) in [5, 5.41) is 0. The molecule has 0 N–H and O–H groups in total. The quantitative estimate of drug-likeness (QED) is 0.579. The Hall–Kier alpha value is 0.0569. The van der Waals surface area contributed by atoms with Crippen LogP contribution in [0.5, 0.6) is 0 Å². The molecule has 0 amide bonds. The molecule has 2 heterocycles. The van der Waals surface area contributed by atoms with Crippen molar-refractivity contribution in [2.45, 2.75) is 51.6 Å². The number of rotatable bonds is 10. The molecule has 124 valence electrons. The van der Waals surface area contributed by atoms with E-state index in [9.17, 15) is 0 Å². The van der Waals surface area contributed by atoms with Crippen molar-refractivity contribution in [2.24, 2.45) is 0 Å². The van der Waals surface area contributed by atoms with Gasteiger partial charge in [0.05, 0.1) is 0 Å². The van der Waals surface area contributed by atoms with Gasteiger partial charge in [-0.05, 0) is 65.7 Å². The SMILES string of the molecule is CCO[Si](CCN1CCCC1)(CCN1CCCC1)OCC. The zero-order chi connectivity index (χ0) is 15.0. The molecule has 2 saturated heterocycles. The van der Waals surface area contributed by atoms with Crippen LogP contribution in [-0.2, 0) is 8.85 Å². The molecular formula is C16H34N2O2Si. The number of hydrogen-bond acceptors (Lipinski definition) is 4. The van der Waals surface area contributed by atoms with Gasteiger partial charge in [0.1, 0.15) is 0 Å². The van der Waals surface area contributed by atoms with Crippen molar-refractivity contribution < 1.29 is 8.85 Å². The summed E-state index contributed by atoms with van der Waals surface area (Å²) in [6.45, 7) is 13.3. The average molecular weight is 315 g/mol. The van der Waals surface area contributed by atoms with Crippen molar-refractivity contribution in [2.75, 3.05) is 52.5 Å². The van der Waals surface area contributed by atoms with E-state index in [0.717, 1.165) is 25.3 Å². The van der Waals surface area contributed by atoms with Crippen LogP contribution < -0.4 is 0 Å². The molecule has 0 atom stereocenters. The first-order valence-electron chi connectivity index (χ1n) is 9.00. The highest BCUT2D eigenvalue weighted by Crippen LogP contribution is 2.23. The molecule has 4 nitrogen and oxygen atoms in total. The molecule has 0 bridgehead atoms. The highest BCUT2D eigenvalue weighted by Gasteiger charge is 2.38. The fraction of sp³-hybridized carbons (Fsp3) is 1.00. The van der Waals surface area contributed by atoms with Crippen LogP contribution in [-0.4, -0.2) is 70.8 Å². The monoisotopic (exact) mass is 314 g/mol. The summed E-state index contributed by atoms with van der Waals surface area (Å²) < 4.78 is 12.5. The van der Waals surface area contributed by atoms with Crippen LogP contribution in [0.2, 0.25) is 12.1 Å². The highest BCUT2D eigenvalue weighted by molar-refractivity contribution is 6.67. The van der Waals surface area contributed by atoms with Crippen LogP contribution in [0.15, 0.2) is 0 Å². The number of nitrogens with zero attached hydrogens (tertiary/aromatic N) is 2. The van der Waals surface area contributed by atoms with Crippen LogP contribution in [0.25, 0.3) is 0 Å². The van der Waals surface area contributed by atoms with Gasteiger partial charge >= 0.3 is 8.56 Å². The third-order valence-electron chi connectivity index (χ3n) is 4.83. The van der Waals surface area contributed by atoms with Crippen molar-refractivity contribution >= 4 is 8.56 Å². The zero-order valence-electron chi connectivity index (χ0n) is 14.1. The standard InChI is InChI=1S/C16H34N2O2Si/c1-3-19-21(20-4-2,15-13-17-9-5-6-10-17)16-14-18-11-7-8-12-18/h3-16H2,1-2H3. The Balaban J connectivity index is 1.86. The van der Waals surface area contributed by atoms with E-state index in [-0.39, 0.29) is 0 Å². The van der Waals surface area contributed by atoms with E-state index in [1.807, 2.05) is 0 Å². The third-order valence-corrected chi connectivity index (χ3v) is 8.43. The van der Waals surface area contributed by atoms with Crippen molar-refractivity contribution in [1.82, 2.24) is 9.80 Å². The van der Waals surface area contributed by atoms with Crippen molar-refractivity contribution in [3.63, 3.8) is 0 Å².